The van der Waals surface area contributed by atoms with Gasteiger partial charge in [-0.05, 0) is 43.4 Å². The molecule has 38 heavy (non-hydrogen) atoms. The first kappa shape index (κ1) is 28.8. The number of aryl methyl sites for hydroxylation is 1. The Morgan fingerprint density at radius 2 is 1.82 bits per heavy atom. The number of ether oxygens (including phenoxy) is 4. The minimum absolute atomic E-state index is 0.143. The predicted octanol–water partition coefficient (Wildman–Crippen LogP) is 3.61. The third kappa shape index (κ3) is 6.01. The highest BCUT2D eigenvalue weighted by atomic mass is 16.8. The Labute approximate surface area is 224 Å². The number of cyclic esters (lactones) is 1. The molecule has 0 aliphatic carbocycles. The fraction of sp³-hybridized carbons (Fsp3) is 0.724. The van der Waals surface area contributed by atoms with Crippen LogP contribution in [0.15, 0.2) is 24.3 Å². The molecule has 0 amide bonds. The minimum atomic E-state index is -1.83. The Morgan fingerprint density at radius 1 is 1.05 bits per heavy atom. The van der Waals surface area contributed by atoms with E-state index in [0.717, 1.165) is 24.8 Å². The molecule has 3 aliphatic rings. The van der Waals surface area contributed by atoms with Crippen LogP contribution < -0.4 is 0 Å². The normalized spacial score (nSPS) is 37.4. The van der Waals surface area contributed by atoms with Crippen LogP contribution in [0, 0.1) is 17.3 Å². The Morgan fingerprint density at radius 3 is 2.53 bits per heavy atom. The van der Waals surface area contributed by atoms with Crippen molar-refractivity contribution in [1.29, 1.82) is 0 Å². The highest BCUT2D eigenvalue weighted by Crippen LogP contribution is 2.56. The van der Waals surface area contributed by atoms with Crippen molar-refractivity contribution in [2.24, 2.45) is 17.3 Å². The number of hydrogen-bond donors (Lipinski definition) is 3. The summed E-state index contributed by atoms with van der Waals surface area (Å²) in [4.78, 5) is 25.5. The van der Waals surface area contributed by atoms with Crippen LogP contribution in [0.25, 0.3) is 0 Å². The first-order chi connectivity index (χ1) is 17.9. The molecule has 3 heterocycles. The summed E-state index contributed by atoms with van der Waals surface area (Å²) < 4.78 is 24.4. The molecule has 3 saturated heterocycles. The van der Waals surface area contributed by atoms with Crippen molar-refractivity contribution in [2.45, 2.75) is 109 Å². The Balaban J connectivity index is 1.59. The van der Waals surface area contributed by atoms with E-state index in [0.29, 0.717) is 12.8 Å². The fourth-order valence-corrected chi connectivity index (χ4v) is 6.24. The van der Waals surface area contributed by atoms with E-state index < -0.39 is 60.1 Å². The number of hydrogen-bond acceptors (Lipinski definition) is 9. The van der Waals surface area contributed by atoms with E-state index >= 15 is 0 Å². The van der Waals surface area contributed by atoms with Crippen LogP contribution >= 0.6 is 0 Å². The summed E-state index contributed by atoms with van der Waals surface area (Å²) in [6.45, 7) is 7.33. The Hall–Kier alpha value is -2.20. The molecule has 0 unspecified atom stereocenters. The van der Waals surface area contributed by atoms with Crippen molar-refractivity contribution in [1.82, 2.24) is 0 Å². The van der Waals surface area contributed by atoms with Gasteiger partial charge in [0, 0.05) is 23.7 Å². The average molecular weight is 535 g/mol. The van der Waals surface area contributed by atoms with Crippen LogP contribution in [0.3, 0.4) is 0 Å². The van der Waals surface area contributed by atoms with E-state index in [1.165, 1.54) is 0 Å². The van der Waals surface area contributed by atoms with Crippen molar-refractivity contribution in [3.63, 3.8) is 0 Å². The maximum atomic E-state index is 12.8. The Bertz CT molecular complexity index is 1010. The molecule has 9 heteroatoms. The van der Waals surface area contributed by atoms with Crippen molar-refractivity contribution >= 4 is 11.9 Å². The smallest absolute Gasteiger partial charge is 0.311 e. The summed E-state index contributed by atoms with van der Waals surface area (Å²) in [7, 11) is 0. The van der Waals surface area contributed by atoms with Gasteiger partial charge in [0.05, 0.1) is 25.6 Å². The van der Waals surface area contributed by atoms with Crippen LogP contribution in [0.1, 0.15) is 78.2 Å². The molecule has 3 aliphatic heterocycles. The lowest BCUT2D eigenvalue weighted by molar-refractivity contribution is -0.449. The molecule has 4 rings (SSSR count). The van der Waals surface area contributed by atoms with E-state index in [1.54, 1.807) is 12.1 Å². The van der Waals surface area contributed by atoms with Gasteiger partial charge in [-0.2, -0.15) is 0 Å². The molecule has 1 spiro atoms. The first-order valence-corrected chi connectivity index (χ1v) is 13.7. The zero-order valence-electron chi connectivity index (χ0n) is 22.9. The predicted molar refractivity (Wildman–Crippen MR) is 137 cm³/mol. The second kappa shape index (κ2) is 11.1. The topological polar surface area (TPSA) is 132 Å². The van der Waals surface area contributed by atoms with E-state index in [4.69, 9.17) is 18.9 Å². The molecule has 1 aromatic carbocycles. The molecule has 0 aromatic heterocycles. The summed E-state index contributed by atoms with van der Waals surface area (Å²) in [5.74, 6) is -4.72. The highest BCUT2D eigenvalue weighted by Gasteiger charge is 2.64. The van der Waals surface area contributed by atoms with Gasteiger partial charge in [0.25, 0.3) is 0 Å². The summed E-state index contributed by atoms with van der Waals surface area (Å²) in [6, 6.07) is 7.23. The van der Waals surface area contributed by atoms with Crippen molar-refractivity contribution in [3.8, 4) is 5.75 Å². The second-order valence-electron chi connectivity index (χ2n) is 12.0. The molecule has 3 N–H and O–H groups in total. The molecule has 1 aromatic rings. The second-order valence-corrected chi connectivity index (χ2v) is 12.0. The van der Waals surface area contributed by atoms with Crippen LogP contribution in [0.2, 0.25) is 0 Å². The van der Waals surface area contributed by atoms with Gasteiger partial charge in [0.15, 0.2) is 11.6 Å². The number of esters is 2. The summed E-state index contributed by atoms with van der Waals surface area (Å²) in [5.41, 5.74) is 0.506. The Kier molecular flexibility index (Phi) is 8.43. The molecule has 212 valence electrons. The number of phenols is 1. The number of aliphatic hydroxyl groups is 2. The fourth-order valence-electron chi connectivity index (χ4n) is 6.24. The molecule has 0 saturated carbocycles. The number of rotatable bonds is 6. The van der Waals surface area contributed by atoms with Gasteiger partial charge in [-0.1, -0.05) is 46.2 Å². The van der Waals surface area contributed by atoms with Gasteiger partial charge in [-0.15, -0.1) is 0 Å². The average Bonchev–Trinajstić information content (AvgIpc) is 2.82. The van der Waals surface area contributed by atoms with Crippen molar-refractivity contribution in [3.05, 3.63) is 29.8 Å². The molecule has 7 atom stereocenters. The number of phenolic OH excluding ortho intramolecular Hbond substituents is 1. The van der Waals surface area contributed by atoms with E-state index in [1.807, 2.05) is 39.8 Å². The summed E-state index contributed by atoms with van der Waals surface area (Å²) in [6.07, 6.45) is 1.32. The van der Waals surface area contributed by atoms with Gasteiger partial charge in [-0.25, -0.2) is 0 Å². The maximum Gasteiger partial charge on any atom is 0.311 e. The van der Waals surface area contributed by atoms with E-state index in [-0.39, 0.29) is 30.6 Å². The minimum Gasteiger partial charge on any atom is -0.508 e. The molecule has 0 radical (unpaired) electrons. The lowest BCUT2D eigenvalue weighted by atomic mass is 9.66. The first-order valence-electron chi connectivity index (χ1n) is 13.7. The van der Waals surface area contributed by atoms with Crippen LogP contribution in [0.4, 0.5) is 0 Å². The summed E-state index contributed by atoms with van der Waals surface area (Å²) in [5, 5.41) is 31.0. The largest absolute Gasteiger partial charge is 0.508 e. The van der Waals surface area contributed by atoms with Crippen molar-refractivity contribution < 1.29 is 43.9 Å². The zero-order valence-corrected chi connectivity index (χ0v) is 22.9. The SMILES string of the molecule is C[C@H]1[C@@H]2C[C@]3(O[C@@H]1CCCCc1cccc(O)c1)O[C@@](O)(CC(=O)O[C@@H](CO)CC(=O)O2)[C@H](C)CC3(C)C. The number of unbranched alkanes of at least 4 members (excludes halogenated alkanes) is 1. The van der Waals surface area contributed by atoms with Crippen LogP contribution in [-0.2, 0) is 35.0 Å². The quantitative estimate of drug-likeness (QED) is 0.370. The number of benzene rings is 1. The molecular formula is C29H42O9. The third-order valence-corrected chi connectivity index (χ3v) is 8.63. The van der Waals surface area contributed by atoms with Crippen LogP contribution in [0.5, 0.6) is 5.75 Å². The van der Waals surface area contributed by atoms with Gasteiger partial charge in [0.1, 0.15) is 18.0 Å². The molecular weight excluding hydrogens is 492 g/mol. The molecule has 3 bridgehead atoms. The lowest BCUT2D eigenvalue weighted by Crippen LogP contribution is -2.68. The number of fused-ring (bicyclic) bond motifs is 2. The van der Waals surface area contributed by atoms with Gasteiger partial charge in [-0.3, -0.25) is 9.59 Å². The standard InChI is InChI=1S/C29H42O9/c1-18-14-27(3,4)29-15-24(36-25(32)13-22(17-30)35-26(33)16-28(18,34)38-29)19(2)23(37-29)11-6-5-8-20-9-7-10-21(31)12-20/h7,9-10,12,18-19,22-24,30-31,34H,5-6,8,11,13-17H2,1-4H3/t18-,19-,22-,23-,24+,28+,29+/m1/s1. The zero-order chi connectivity index (χ0) is 27.7. The molecule has 9 nitrogen and oxygen atoms in total. The lowest BCUT2D eigenvalue weighted by Gasteiger charge is -2.60. The maximum absolute atomic E-state index is 12.8. The van der Waals surface area contributed by atoms with Crippen molar-refractivity contribution in [2.75, 3.05) is 6.61 Å². The van der Waals surface area contributed by atoms with Gasteiger partial charge < -0.3 is 34.3 Å². The van der Waals surface area contributed by atoms with E-state index in [9.17, 15) is 24.9 Å². The van der Waals surface area contributed by atoms with E-state index in [2.05, 4.69) is 0 Å². The molecule has 3 fully saturated rings. The van der Waals surface area contributed by atoms with Gasteiger partial charge in [0.2, 0.25) is 0 Å². The van der Waals surface area contributed by atoms with Gasteiger partial charge >= 0.3 is 11.9 Å². The number of aliphatic hydroxyl groups excluding tert-OH is 1. The number of carbonyl (C=O) groups excluding carboxylic acids is 2. The number of aromatic hydroxyl groups is 1. The highest BCUT2D eigenvalue weighted by molar-refractivity contribution is 5.73. The monoisotopic (exact) mass is 534 g/mol. The van der Waals surface area contributed by atoms with Crippen LogP contribution in [-0.4, -0.2) is 63.8 Å². The third-order valence-electron chi connectivity index (χ3n) is 8.63. The summed E-state index contributed by atoms with van der Waals surface area (Å²) >= 11 is 0. The number of carbonyl (C=O) groups is 2.